The van der Waals surface area contributed by atoms with E-state index in [0.717, 1.165) is 0 Å². The molecule has 1 aromatic heterocycles. The summed E-state index contributed by atoms with van der Waals surface area (Å²) in [4.78, 5) is 12.5. The number of nitrogens with zero attached hydrogens (tertiary/aromatic N) is 4. The number of aromatic nitrogens is 3. The lowest BCUT2D eigenvalue weighted by molar-refractivity contribution is 0.434. The van der Waals surface area contributed by atoms with E-state index in [0.29, 0.717) is 11.1 Å². The molecule has 0 N–H and O–H groups in total. The monoisotopic (exact) mass is 406 g/mol. The maximum absolute atomic E-state index is 14.8. The van der Waals surface area contributed by atoms with Crippen LogP contribution in [0.5, 0.6) is 0 Å². The topological polar surface area (TPSA) is 62.5 Å². The van der Waals surface area contributed by atoms with Crippen LogP contribution in [0.1, 0.15) is 5.56 Å². The molecule has 1 heterocycles. The zero-order valence-electron chi connectivity index (χ0n) is 15.1. The number of hydrogen-bond acceptors (Lipinski definition) is 4. The second kappa shape index (κ2) is 7.72. The fraction of sp³-hybridized carbons (Fsp3) is 0. The molecule has 0 bridgehead atoms. The highest BCUT2D eigenvalue weighted by molar-refractivity contribution is 5.68. The Morgan fingerprint density at radius 3 is 1.50 bits per heavy atom. The Morgan fingerprint density at radius 1 is 0.567 bits per heavy atom. The van der Waals surface area contributed by atoms with Crippen LogP contribution in [0.25, 0.3) is 34.2 Å². The smallest absolute Gasteiger partial charge is 0.196 e. The van der Waals surface area contributed by atoms with Crippen molar-refractivity contribution in [2.24, 2.45) is 0 Å². The largest absolute Gasteiger partial charge is 0.208 e. The van der Waals surface area contributed by atoms with Gasteiger partial charge in [0, 0.05) is 11.1 Å². The van der Waals surface area contributed by atoms with Crippen LogP contribution >= 0.6 is 0 Å². The van der Waals surface area contributed by atoms with Gasteiger partial charge in [-0.15, -0.1) is 0 Å². The highest BCUT2D eigenvalue weighted by atomic mass is 19.2. The molecule has 0 atom stereocenters. The summed E-state index contributed by atoms with van der Waals surface area (Å²) in [7, 11) is 0. The predicted molar refractivity (Wildman–Crippen MR) is 101 cm³/mol. The van der Waals surface area contributed by atoms with Crippen molar-refractivity contribution < 1.29 is 17.6 Å². The van der Waals surface area contributed by atoms with Gasteiger partial charge in [0.1, 0.15) is 11.6 Å². The lowest BCUT2D eigenvalue weighted by Gasteiger charge is -2.11. The zero-order chi connectivity index (χ0) is 21.3. The molecule has 0 aliphatic rings. The third-order valence-corrected chi connectivity index (χ3v) is 4.30. The summed E-state index contributed by atoms with van der Waals surface area (Å²) in [5.74, 6) is -7.72. The molecule has 30 heavy (non-hydrogen) atoms. The molecule has 4 aromatic rings. The highest BCUT2D eigenvalue weighted by Crippen LogP contribution is 2.32. The molecule has 0 radical (unpaired) electrons. The molecule has 0 saturated carbocycles. The average Bonchev–Trinajstić information content (AvgIpc) is 2.79. The first-order valence-corrected chi connectivity index (χ1v) is 8.64. The Labute approximate surface area is 168 Å². The van der Waals surface area contributed by atoms with Gasteiger partial charge in [0.25, 0.3) is 0 Å². The zero-order valence-corrected chi connectivity index (χ0v) is 15.1. The molecule has 3 aromatic carbocycles. The lowest BCUT2D eigenvalue weighted by Crippen LogP contribution is -2.08. The maximum Gasteiger partial charge on any atom is 0.196 e. The van der Waals surface area contributed by atoms with Gasteiger partial charge in [-0.05, 0) is 0 Å². The van der Waals surface area contributed by atoms with E-state index in [-0.39, 0.29) is 11.6 Å². The van der Waals surface area contributed by atoms with Gasteiger partial charge >= 0.3 is 0 Å². The maximum atomic E-state index is 14.8. The number of nitriles is 1. The first-order valence-electron chi connectivity index (χ1n) is 8.64. The van der Waals surface area contributed by atoms with Crippen LogP contribution in [0, 0.1) is 34.6 Å². The summed E-state index contributed by atoms with van der Waals surface area (Å²) in [6.07, 6.45) is 0. The van der Waals surface area contributed by atoms with Crippen LogP contribution < -0.4 is 0 Å². The van der Waals surface area contributed by atoms with Crippen molar-refractivity contribution in [2.75, 3.05) is 0 Å². The SMILES string of the molecule is N#Cc1c(F)c(F)c(F)c(-c2nc(-c3ccccc3)nc(-c3ccccc3)n2)c1F. The van der Waals surface area contributed by atoms with Gasteiger partial charge < -0.3 is 0 Å². The minimum atomic E-state index is -1.98. The predicted octanol–water partition coefficient (Wildman–Crippen LogP) is 5.30. The molecule has 0 spiro atoms. The van der Waals surface area contributed by atoms with E-state index in [9.17, 15) is 17.6 Å². The summed E-state index contributed by atoms with van der Waals surface area (Å²) < 4.78 is 57.1. The number of hydrogen-bond donors (Lipinski definition) is 0. The number of halogens is 4. The summed E-state index contributed by atoms with van der Waals surface area (Å²) in [6, 6.07) is 18.3. The molecule has 146 valence electrons. The Hall–Kier alpha value is -4.12. The summed E-state index contributed by atoms with van der Waals surface area (Å²) >= 11 is 0. The Balaban J connectivity index is 2.04. The van der Waals surface area contributed by atoms with E-state index in [2.05, 4.69) is 15.0 Å². The highest BCUT2D eigenvalue weighted by Gasteiger charge is 2.28. The molecule has 4 nitrogen and oxygen atoms in total. The van der Waals surface area contributed by atoms with Crippen LogP contribution in [0.15, 0.2) is 60.7 Å². The second-order valence-electron chi connectivity index (χ2n) is 6.16. The van der Waals surface area contributed by atoms with Crippen LogP contribution in [0.2, 0.25) is 0 Å². The van der Waals surface area contributed by atoms with Crippen LogP contribution in [-0.2, 0) is 0 Å². The second-order valence-corrected chi connectivity index (χ2v) is 6.16. The van der Waals surface area contributed by atoms with Crippen LogP contribution in [0.3, 0.4) is 0 Å². The fourth-order valence-corrected chi connectivity index (χ4v) is 2.85. The van der Waals surface area contributed by atoms with E-state index in [4.69, 9.17) is 5.26 Å². The van der Waals surface area contributed by atoms with Crippen molar-refractivity contribution in [1.29, 1.82) is 5.26 Å². The van der Waals surface area contributed by atoms with Crippen molar-refractivity contribution in [1.82, 2.24) is 15.0 Å². The van der Waals surface area contributed by atoms with Crippen molar-refractivity contribution in [3.63, 3.8) is 0 Å². The fourth-order valence-electron chi connectivity index (χ4n) is 2.85. The van der Waals surface area contributed by atoms with Gasteiger partial charge in [-0.3, -0.25) is 0 Å². The van der Waals surface area contributed by atoms with Crippen molar-refractivity contribution in [3.8, 4) is 40.2 Å². The van der Waals surface area contributed by atoms with Gasteiger partial charge in [-0.2, -0.15) is 5.26 Å². The lowest BCUT2D eigenvalue weighted by atomic mass is 10.1. The number of rotatable bonds is 3. The van der Waals surface area contributed by atoms with Crippen molar-refractivity contribution in [2.45, 2.75) is 0 Å². The van der Waals surface area contributed by atoms with Gasteiger partial charge in [-0.1, -0.05) is 60.7 Å². The van der Waals surface area contributed by atoms with E-state index in [1.165, 1.54) is 6.07 Å². The van der Waals surface area contributed by atoms with Crippen molar-refractivity contribution >= 4 is 0 Å². The number of benzene rings is 3. The van der Waals surface area contributed by atoms with Gasteiger partial charge in [-0.25, -0.2) is 32.5 Å². The normalized spacial score (nSPS) is 10.6. The first kappa shape index (κ1) is 19.2. The molecule has 0 unspecified atom stereocenters. The molecular weight excluding hydrogens is 396 g/mol. The van der Waals surface area contributed by atoms with E-state index in [1.54, 1.807) is 60.7 Å². The van der Waals surface area contributed by atoms with Crippen LogP contribution in [-0.4, -0.2) is 15.0 Å². The van der Waals surface area contributed by atoms with E-state index < -0.39 is 40.2 Å². The van der Waals surface area contributed by atoms with Crippen molar-refractivity contribution in [3.05, 3.63) is 89.5 Å². The molecule has 0 fully saturated rings. The third kappa shape index (κ3) is 3.26. The summed E-state index contributed by atoms with van der Waals surface area (Å²) in [6.45, 7) is 0. The van der Waals surface area contributed by atoms with Gasteiger partial charge in [0.15, 0.2) is 40.7 Å². The van der Waals surface area contributed by atoms with Crippen LogP contribution in [0.4, 0.5) is 17.6 Å². The molecule has 0 aliphatic carbocycles. The van der Waals surface area contributed by atoms with Gasteiger partial charge in [0.2, 0.25) is 0 Å². The molecule has 8 heteroatoms. The molecule has 0 saturated heterocycles. The molecule has 4 rings (SSSR count). The average molecular weight is 406 g/mol. The Kier molecular flexibility index (Phi) is 4.94. The minimum Gasteiger partial charge on any atom is -0.208 e. The Bertz CT molecular complexity index is 1230. The Morgan fingerprint density at radius 2 is 1.03 bits per heavy atom. The molecular formula is C22H10F4N4. The standard InChI is InChI=1S/C22H10F4N4/c23-16-14(11-27)17(24)19(26)18(25)15(16)22-29-20(12-7-3-1-4-8-12)28-21(30-22)13-9-5-2-6-10-13/h1-10H. The van der Waals surface area contributed by atoms with Gasteiger partial charge in [0.05, 0.1) is 5.56 Å². The molecule has 0 amide bonds. The quantitative estimate of drug-likeness (QED) is 0.263. The molecule has 0 aliphatic heterocycles. The summed E-state index contributed by atoms with van der Waals surface area (Å²) in [5, 5.41) is 8.98. The van der Waals surface area contributed by atoms with E-state index >= 15 is 0 Å². The minimum absolute atomic E-state index is 0.0708. The first-order chi connectivity index (χ1) is 14.5. The van der Waals surface area contributed by atoms with E-state index in [1.807, 2.05) is 0 Å². The third-order valence-electron chi connectivity index (χ3n) is 4.30. The summed E-state index contributed by atoms with van der Waals surface area (Å²) in [5.41, 5.74) is -1.27.